The van der Waals surface area contributed by atoms with E-state index in [2.05, 4.69) is 32.7 Å². The third-order valence-corrected chi connectivity index (χ3v) is 6.75. The van der Waals surface area contributed by atoms with Crippen LogP contribution >= 0.6 is 0 Å². The van der Waals surface area contributed by atoms with Gasteiger partial charge in [-0.1, -0.05) is 0 Å². The molecule has 0 bridgehead atoms. The van der Waals surface area contributed by atoms with Crippen molar-refractivity contribution in [3.8, 4) is 0 Å². The molecular weight excluding hydrogens is 241 g/mol. The zero-order valence-corrected chi connectivity index (χ0v) is 13.7. The minimum atomic E-state index is 0.592. The summed E-state index contributed by atoms with van der Waals surface area (Å²) in [5.41, 5.74) is 5.30. The van der Waals surface area contributed by atoms with Crippen LogP contribution in [0.15, 0.2) is 0 Å². The molecule has 11 heavy (non-hydrogen) atoms. The average molecular weight is 256 g/mol. The number of hydrogen-bond donors (Lipinski definition) is 0. The number of pyridine rings is 1. The molecule has 0 atom stereocenters. The van der Waals surface area contributed by atoms with Crippen LogP contribution in [-0.2, 0) is 0 Å². The van der Waals surface area contributed by atoms with Crippen molar-refractivity contribution in [3.63, 3.8) is 0 Å². The summed E-state index contributed by atoms with van der Waals surface area (Å²) in [7, 11) is 0. The van der Waals surface area contributed by atoms with Crippen molar-refractivity contribution >= 4 is 26.1 Å². The summed E-state index contributed by atoms with van der Waals surface area (Å²) in [6, 6.07) is 0. The van der Waals surface area contributed by atoms with Gasteiger partial charge in [0.1, 0.15) is 0 Å². The van der Waals surface area contributed by atoms with Crippen molar-refractivity contribution < 1.29 is 0 Å². The summed E-state index contributed by atoms with van der Waals surface area (Å²) in [5.74, 6) is 0. The van der Waals surface area contributed by atoms with Crippen molar-refractivity contribution in [2.75, 3.05) is 0 Å². The molecule has 0 saturated heterocycles. The Labute approximate surface area is 81.3 Å². The van der Waals surface area contributed by atoms with E-state index in [1.165, 1.54) is 26.1 Å². The van der Waals surface area contributed by atoms with Crippen molar-refractivity contribution in [2.45, 2.75) is 27.7 Å². The first-order valence-corrected chi connectivity index (χ1v) is 6.80. The number of hydrogen-bond acceptors (Lipinski definition) is 1. The molecule has 0 saturated carbocycles. The van der Waals surface area contributed by atoms with Crippen LogP contribution < -0.4 is 3.58 Å². The SMILES string of the molecule is Cc1nc(C)[c]([SnH3])c(C)c1C. The Morgan fingerprint density at radius 1 is 0.909 bits per heavy atom. The van der Waals surface area contributed by atoms with E-state index < -0.39 is 0 Å². The maximum absolute atomic E-state index is 4.49. The average Bonchev–Trinajstić information content (AvgIpc) is 1.97. The third-order valence-electron chi connectivity index (χ3n) is 2.55. The van der Waals surface area contributed by atoms with Crippen molar-refractivity contribution in [2.24, 2.45) is 0 Å². The van der Waals surface area contributed by atoms with E-state index in [1.54, 1.807) is 0 Å². The fourth-order valence-corrected chi connectivity index (χ4v) is 2.63. The molecular formula is C9H15NSn. The van der Waals surface area contributed by atoms with E-state index in [0.29, 0.717) is 22.5 Å². The van der Waals surface area contributed by atoms with E-state index in [1.807, 2.05) is 0 Å². The van der Waals surface area contributed by atoms with Gasteiger partial charge in [-0.3, -0.25) is 0 Å². The number of rotatable bonds is 0. The van der Waals surface area contributed by atoms with Crippen LogP contribution in [0.25, 0.3) is 0 Å². The minimum absolute atomic E-state index is 0.592. The zero-order valence-electron chi connectivity index (χ0n) is 7.95. The molecule has 0 aromatic carbocycles. The monoisotopic (exact) mass is 257 g/mol. The van der Waals surface area contributed by atoms with Crippen LogP contribution in [0.2, 0.25) is 0 Å². The molecule has 0 N–H and O–H groups in total. The van der Waals surface area contributed by atoms with Crippen LogP contribution in [0.5, 0.6) is 0 Å². The molecule has 1 rings (SSSR count). The van der Waals surface area contributed by atoms with Gasteiger partial charge in [0.15, 0.2) is 0 Å². The van der Waals surface area contributed by atoms with E-state index >= 15 is 0 Å². The first kappa shape index (κ1) is 9.04. The Morgan fingerprint density at radius 3 is 2.00 bits per heavy atom. The van der Waals surface area contributed by atoms with E-state index in [9.17, 15) is 0 Å². The van der Waals surface area contributed by atoms with Crippen LogP contribution in [0.3, 0.4) is 0 Å². The molecule has 1 nitrogen and oxygen atoms in total. The fourth-order valence-electron chi connectivity index (χ4n) is 1.24. The number of nitrogens with zero attached hydrogens (tertiary/aromatic N) is 1. The molecule has 0 unspecified atom stereocenters. The van der Waals surface area contributed by atoms with Gasteiger partial charge < -0.3 is 0 Å². The molecule has 0 amide bonds. The summed E-state index contributed by atoms with van der Waals surface area (Å²) < 4.78 is 1.54. The van der Waals surface area contributed by atoms with Crippen molar-refractivity contribution in [3.05, 3.63) is 22.5 Å². The predicted molar refractivity (Wildman–Crippen MR) is 52.8 cm³/mol. The third kappa shape index (κ3) is 1.58. The normalized spacial score (nSPS) is 10.5. The van der Waals surface area contributed by atoms with Gasteiger partial charge in [-0.05, 0) is 0 Å². The quantitative estimate of drug-likeness (QED) is 0.608. The van der Waals surface area contributed by atoms with Crippen LogP contribution in [0, 0.1) is 27.7 Å². The van der Waals surface area contributed by atoms with Gasteiger partial charge in [0.25, 0.3) is 0 Å². The first-order valence-electron chi connectivity index (χ1n) is 3.95. The van der Waals surface area contributed by atoms with E-state index in [-0.39, 0.29) is 0 Å². The van der Waals surface area contributed by atoms with E-state index in [4.69, 9.17) is 0 Å². The Morgan fingerprint density at radius 2 is 1.45 bits per heavy atom. The Bertz CT molecular complexity index is 266. The van der Waals surface area contributed by atoms with Crippen molar-refractivity contribution in [1.82, 2.24) is 4.98 Å². The van der Waals surface area contributed by atoms with Gasteiger partial charge in [-0.2, -0.15) is 0 Å². The van der Waals surface area contributed by atoms with E-state index in [0.717, 1.165) is 0 Å². The van der Waals surface area contributed by atoms with Gasteiger partial charge in [0.2, 0.25) is 0 Å². The zero-order chi connectivity index (χ0) is 8.59. The second-order valence-electron chi connectivity index (χ2n) is 3.16. The molecule has 0 aliphatic carbocycles. The molecule has 0 fully saturated rings. The van der Waals surface area contributed by atoms with Gasteiger partial charge in [0.05, 0.1) is 0 Å². The summed E-state index contributed by atoms with van der Waals surface area (Å²) in [5, 5.41) is 0. The van der Waals surface area contributed by atoms with Crippen LogP contribution in [0.4, 0.5) is 0 Å². The number of aromatic nitrogens is 1. The molecule has 1 aromatic heterocycles. The fraction of sp³-hybridized carbons (Fsp3) is 0.444. The molecule has 60 valence electrons. The molecule has 1 aromatic rings. The molecule has 0 aliphatic rings. The second kappa shape index (κ2) is 3.13. The van der Waals surface area contributed by atoms with Crippen LogP contribution in [0.1, 0.15) is 22.5 Å². The first-order chi connectivity index (χ1) is 5.04. The number of aryl methyl sites for hydroxylation is 2. The second-order valence-corrected chi connectivity index (χ2v) is 6.01. The summed E-state index contributed by atoms with van der Waals surface area (Å²) in [4.78, 5) is 4.49. The molecule has 0 aliphatic heterocycles. The molecule has 0 spiro atoms. The van der Waals surface area contributed by atoms with Gasteiger partial charge in [-0.15, -0.1) is 0 Å². The van der Waals surface area contributed by atoms with Crippen molar-refractivity contribution in [1.29, 1.82) is 0 Å². The Kier molecular flexibility index (Phi) is 2.57. The van der Waals surface area contributed by atoms with Gasteiger partial charge in [0, 0.05) is 0 Å². The summed E-state index contributed by atoms with van der Waals surface area (Å²) in [6.45, 7) is 8.58. The summed E-state index contributed by atoms with van der Waals surface area (Å²) >= 11 is 0.592. The van der Waals surface area contributed by atoms with Crippen LogP contribution in [-0.4, -0.2) is 27.5 Å². The Hall–Kier alpha value is -0.0513. The molecule has 1 heterocycles. The maximum atomic E-state index is 4.49. The van der Waals surface area contributed by atoms with Gasteiger partial charge >= 0.3 is 81.3 Å². The Balaban J connectivity index is 3.46. The standard InChI is InChI=1S/C9H12N.Sn.3H/c1-6-5-7(2)10-9(4)8(6)3;;;;/h1-4H3;;;;. The molecule has 0 radical (unpaired) electrons. The topological polar surface area (TPSA) is 12.9 Å². The predicted octanol–water partition coefficient (Wildman–Crippen LogP) is 0.306. The molecule has 2 heteroatoms. The summed E-state index contributed by atoms with van der Waals surface area (Å²) in [6.07, 6.45) is 0. The van der Waals surface area contributed by atoms with Gasteiger partial charge in [-0.25, -0.2) is 0 Å².